The molecule has 3 heterocycles. The molecular weight excluding hydrogens is 320 g/mol. The lowest BCUT2D eigenvalue weighted by Gasteiger charge is -2.37. The van der Waals surface area contributed by atoms with Crippen molar-refractivity contribution in [3.8, 4) is 11.5 Å². The third kappa shape index (κ3) is 3.33. The first kappa shape index (κ1) is 16.7. The molecule has 2 saturated heterocycles. The maximum absolute atomic E-state index is 12.9. The number of carbonyl (C=O) groups excluding carboxylic acids is 1. The Hall–Kier alpha value is -1.79. The summed E-state index contributed by atoms with van der Waals surface area (Å²) in [6.07, 6.45) is 2.68. The van der Waals surface area contributed by atoms with Crippen LogP contribution in [-0.4, -0.2) is 65.9 Å². The van der Waals surface area contributed by atoms with Crippen LogP contribution in [0.5, 0.6) is 11.5 Å². The van der Waals surface area contributed by atoms with Crippen LogP contribution in [0.3, 0.4) is 0 Å². The molecule has 0 spiro atoms. The van der Waals surface area contributed by atoms with Crippen molar-refractivity contribution >= 4 is 5.91 Å². The Balaban J connectivity index is 1.35. The zero-order chi connectivity index (χ0) is 17.4. The molecule has 0 aromatic heterocycles. The highest BCUT2D eigenvalue weighted by molar-refractivity contribution is 5.83. The van der Waals surface area contributed by atoms with Gasteiger partial charge in [-0.05, 0) is 43.9 Å². The van der Waals surface area contributed by atoms with E-state index in [0.29, 0.717) is 6.04 Å². The van der Waals surface area contributed by atoms with Gasteiger partial charge in [0.15, 0.2) is 11.5 Å². The lowest BCUT2D eigenvalue weighted by Crippen LogP contribution is -2.47. The summed E-state index contributed by atoms with van der Waals surface area (Å²) in [5, 5.41) is 9.71. The fraction of sp³-hybridized carbons (Fsp3) is 0.632. The monoisotopic (exact) mass is 346 g/mol. The highest BCUT2D eigenvalue weighted by Gasteiger charge is 2.32. The van der Waals surface area contributed by atoms with E-state index in [2.05, 4.69) is 4.90 Å². The molecule has 0 radical (unpaired) electrons. The number of nitrogens with zero attached hydrogens (tertiary/aromatic N) is 2. The number of carbonyl (C=O) groups is 1. The van der Waals surface area contributed by atoms with Crippen molar-refractivity contribution < 1.29 is 19.4 Å². The maximum atomic E-state index is 12.9. The topological polar surface area (TPSA) is 62.2 Å². The third-order valence-electron chi connectivity index (χ3n) is 5.75. The number of likely N-dealkylation sites (tertiary alicyclic amines) is 2. The van der Waals surface area contributed by atoms with Crippen molar-refractivity contribution in [1.29, 1.82) is 0 Å². The third-order valence-corrected chi connectivity index (χ3v) is 5.75. The summed E-state index contributed by atoms with van der Waals surface area (Å²) in [6.45, 7) is 5.57. The largest absolute Gasteiger partial charge is 0.454 e. The van der Waals surface area contributed by atoms with Crippen LogP contribution in [0.1, 0.15) is 37.7 Å². The minimum Gasteiger partial charge on any atom is -0.454 e. The van der Waals surface area contributed by atoms with Gasteiger partial charge in [0, 0.05) is 32.2 Å². The minimum absolute atomic E-state index is 0.175. The Morgan fingerprint density at radius 2 is 1.92 bits per heavy atom. The van der Waals surface area contributed by atoms with Gasteiger partial charge >= 0.3 is 0 Å². The van der Waals surface area contributed by atoms with E-state index in [1.807, 2.05) is 30.0 Å². The van der Waals surface area contributed by atoms with E-state index in [9.17, 15) is 9.90 Å². The second kappa shape index (κ2) is 6.84. The molecule has 136 valence electrons. The lowest BCUT2D eigenvalue weighted by molar-refractivity contribution is -0.134. The Labute approximate surface area is 148 Å². The van der Waals surface area contributed by atoms with Gasteiger partial charge in [0.2, 0.25) is 12.7 Å². The van der Waals surface area contributed by atoms with Crippen LogP contribution < -0.4 is 9.47 Å². The Kier molecular flexibility index (Phi) is 4.56. The van der Waals surface area contributed by atoms with Crippen LogP contribution in [0, 0.1) is 0 Å². The molecule has 0 bridgehead atoms. The SMILES string of the molecule is CC(C(=O)N1CCC(N2CCC(O)C2)CC1)c1ccc2c(c1)OCO2. The number of β-amino-alcohol motifs (C(OH)–C–C–N with tert-alkyl or cyclic N) is 1. The number of fused-ring (bicyclic) bond motifs is 1. The molecule has 1 aromatic rings. The van der Waals surface area contributed by atoms with Gasteiger partial charge in [0.1, 0.15) is 0 Å². The first-order valence-electron chi connectivity index (χ1n) is 9.22. The van der Waals surface area contributed by atoms with Crippen molar-refractivity contribution in [2.45, 2.75) is 44.2 Å². The number of hydrogen-bond acceptors (Lipinski definition) is 5. The Morgan fingerprint density at radius 3 is 2.64 bits per heavy atom. The normalized spacial score (nSPS) is 25.4. The Bertz CT molecular complexity index is 642. The average Bonchev–Trinajstić information content (AvgIpc) is 3.28. The molecule has 25 heavy (non-hydrogen) atoms. The minimum atomic E-state index is -0.181. The van der Waals surface area contributed by atoms with Gasteiger partial charge < -0.3 is 19.5 Å². The van der Waals surface area contributed by atoms with E-state index < -0.39 is 0 Å². The number of piperidine rings is 1. The summed E-state index contributed by atoms with van der Waals surface area (Å²) in [6, 6.07) is 6.26. The van der Waals surface area contributed by atoms with E-state index in [4.69, 9.17) is 9.47 Å². The molecule has 0 aliphatic carbocycles. The van der Waals surface area contributed by atoms with Crippen LogP contribution in [0.15, 0.2) is 18.2 Å². The zero-order valence-corrected chi connectivity index (χ0v) is 14.7. The fourth-order valence-electron chi connectivity index (χ4n) is 4.15. The molecule has 1 N–H and O–H groups in total. The molecule has 6 nitrogen and oxygen atoms in total. The van der Waals surface area contributed by atoms with Gasteiger partial charge in [-0.2, -0.15) is 0 Å². The van der Waals surface area contributed by atoms with Gasteiger partial charge in [-0.15, -0.1) is 0 Å². The summed E-state index contributed by atoms with van der Waals surface area (Å²) in [4.78, 5) is 17.2. The van der Waals surface area contributed by atoms with Gasteiger partial charge in [-0.3, -0.25) is 9.69 Å². The van der Waals surface area contributed by atoms with Crippen molar-refractivity contribution in [2.24, 2.45) is 0 Å². The number of benzene rings is 1. The van der Waals surface area contributed by atoms with Crippen LogP contribution in [0.2, 0.25) is 0 Å². The van der Waals surface area contributed by atoms with E-state index >= 15 is 0 Å². The highest BCUT2D eigenvalue weighted by Crippen LogP contribution is 2.35. The molecule has 4 rings (SSSR count). The first-order chi connectivity index (χ1) is 12.1. The summed E-state index contributed by atoms with van der Waals surface area (Å²) in [7, 11) is 0. The first-order valence-corrected chi connectivity index (χ1v) is 9.22. The van der Waals surface area contributed by atoms with Crippen LogP contribution >= 0.6 is 0 Å². The molecule has 1 amide bonds. The van der Waals surface area contributed by atoms with Gasteiger partial charge in [-0.25, -0.2) is 0 Å². The zero-order valence-electron chi connectivity index (χ0n) is 14.7. The number of amides is 1. The van der Waals surface area contributed by atoms with E-state index in [1.54, 1.807) is 0 Å². The number of rotatable bonds is 3. The molecule has 2 atom stereocenters. The predicted octanol–water partition coefficient (Wildman–Crippen LogP) is 1.58. The summed E-state index contributed by atoms with van der Waals surface area (Å²) in [5.41, 5.74) is 0.971. The van der Waals surface area contributed by atoms with Gasteiger partial charge in [0.05, 0.1) is 12.0 Å². The number of aliphatic hydroxyl groups is 1. The standard InChI is InChI=1S/C19H26N2O4/c1-13(14-2-3-17-18(10-14)25-12-24-17)19(23)20-7-4-15(5-8-20)21-9-6-16(22)11-21/h2-3,10,13,15-16,22H,4-9,11-12H2,1H3. The summed E-state index contributed by atoms with van der Waals surface area (Å²) < 4.78 is 10.8. The number of aliphatic hydroxyl groups excluding tert-OH is 1. The fourth-order valence-corrected chi connectivity index (χ4v) is 4.15. The second-order valence-electron chi connectivity index (χ2n) is 7.33. The molecule has 0 saturated carbocycles. The lowest BCUT2D eigenvalue weighted by atomic mass is 9.96. The van der Waals surface area contributed by atoms with Gasteiger partial charge in [0.25, 0.3) is 0 Å². The molecular formula is C19H26N2O4. The highest BCUT2D eigenvalue weighted by atomic mass is 16.7. The van der Waals surface area contributed by atoms with Crippen molar-refractivity contribution in [1.82, 2.24) is 9.80 Å². The molecule has 2 unspecified atom stereocenters. The molecule has 6 heteroatoms. The molecule has 3 aliphatic rings. The summed E-state index contributed by atoms with van der Waals surface area (Å²) >= 11 is 0. The number of hydrogen-bond donors (Lipinski definition) is 1. The molecule has 1 aromatic carbocycles. The van der Waals surface area contributed by atoms with Crippen LogP contribution in [-0.2, 0) is 4.79 Å². The Morgan fingerprint density at radius 1 is 1.16 bits per heavy atom. The summed E-state index contributed by atoms with van der Waals surface area (Å²) in [5.74, 6) is 1.47. The van der Waals surface area contributed by atoms with E-state index in [-0.39, 0.29) is 24.7 Å². The van der Waals surface area contributed by atoms with Crippen molar-refractivity contribution in [2.75, 3.05) is 33.0 Å². The quantitative estimate of drug-likeness (QED) is 0.900. The molecule has 3 aliphatic heterocycles. The number of ether oxygens (including phenoxy) is 2. The van der Waals surface area contributed by atoms with Crippen LogP contribution in [0.25, 0.3) is 0 Å². The van der Waals surface area contributed by atoms with Gasteiger partial charge in [-0.1, -0.05) is 6.07 Å². The van der Waals surface area contributed by atoms with E-state index in [0.717, 1.165) is 62.5 Å². The predicted molar refractivity (Wildman–Crippen MR) is 92.8 cm³/mol. The van der Waals surface area contributed by atoms with Crippen molar-refractivity contribution in [3.63, 3.8) is 0 Å². The molecule has 2 fully saturated rings. The van der Waals surface area contributed by atoms with Crippen molar-refractivity contribution in [3.05, 3.63) is 23.8 Å². The smallest absolute Gasteiger partial charge is 0.231 e. The van der Waals surface area contributed by atoms with Crippen LogP contribution in [0.4, 0.5) is 0 Å². The van der Waals surface area contributed by atoms with E-state index in [1.165, 1.54) is 0 Å². The maximum Gasteiger partial charge on any atom is 0.231 e. The average molecular weight is 346 g/mol. The second-order valence-corrected chi connectivity index (χ2v) is 7.33.